The van der Waals surface area contributed by atoms with Gasteiger partial charge in [0.25, 0.3) is 0 Å². The van der Waals surface area contributed by atoms with Crippen LogP contribution in [0.4, 0.5) is 0 Å². The Labute approximate surface area is 109 Å². The Balaban J connectivity index is 1.95. The summed E-state index contributed by atoms with van der Waals surface area (Å²) in [5.74, 6) is 1.65. The average molecular weight is 246 g/mol. The molecule has 2 heterocycles. The molecule has 0 bridgehead atoms. The van der Waals surface area contributed by atoms with E-state index in [1.807, 2.05) is 0 Å². The number of ether oxygens (including phenoxy) is 1. The third kappa shape index (κ3) is 2.13. The lowest BCUT2D eigenvalue weighted by atomic mass is 9.89. The molecule has 0 aromatic heterocycles. The molecule has 1 aromatic carbocycles. The lowest BCUT2D eigenvalue weighted by molar-refractivity contribution is 0.0801. The van der Waals surface area contributed by atoms with Crippen LogP contribution in [-0.2, 0) is 0 Å². The summed E-state index contributed by atoms with van der Waals surface area (Å²) >= 11 is 0. The van der Waals surface area contributed by atoms with Crippen molar-refractivity contribution in [1.82, 2.24) is 10.2 Å². The Morgan fingerprint density at radius 1 is 1.28 bits per heavy atom. The maximum Gasteiger partial charge on any atom is 0.124 e. The number of benzene rings is 1. The van der Waals surface area contributed by atoms with Gasteiger partial charge in [0.15, 0.2) is 0 Å². The summed E-state index contributed by atoms with van der Waals surface area (Å²) in [4.78, 5) is 2.61. The number of piperazine rings is 1. The smallest absolute Gasteiger partial charge is 0.124 e. The summed E-state index contributed by atoms with van der Waals surface area (Å²) in [6.45, 7) is 9.79. The van der Waals surface area contributed by atoms with Gasteiger partial charge >= 0.3 is 0 Å². The number of hydrogen-bond acceptors (Lipinski definition) is 3. The van der Waals surface area contributed by atoms with Crippen molar-refractivity contribution >= 4 is 0 Å². The Bertz CT molecular complexity index is 427. The molecule has 0 saturated carbocycles. The van der Waals surface area contributed by atoms with Crippen LogP contribution in [0.15, 0.2) is 18.2 Å². The van der Waals surface area contributed by atoms with Crippen molar-refractivity contribution in [3.63, 3.8) is 0 Å². The number of nitrogens with zero attached hydrogens (tertiary/aromatic N) is 1. The molecular formula is C15H22N2O. The zero-order valence-corrected chi connectivity index (χ0v) is 11.3. The highest BCUT2D eigenvalue weighted by Gasteiger charge is 2.33. The zero-order chi connectivity index (χ0) is 12.5. The van der Waals surface area contributed by atoms with E-state index in [0.29, 0.717) is 12.0 Å². The number of aryl methyl sites for hydroxylation is 1. The maximum atomic E-state index is 5.87. The second kappa shape index (κ2) is 4.90. The average Bonchev–Trinajstić information content (AvgIpc) is 2.39. The van der Waals surface area contributed by atoms with Crippen molar-refractivity contribution < 1.29 is 4.74 Å². The van der Waals surface area contributed by atoms with Crippen molar-refractivity contribution in [2.24, 2.45) is 5.92 Å². The summed E-state index contributed by atoms with van der Waals surface area (Å²) < 4.78 is 5.87. The largest absolute Gasteiger partial charge is 0.493 e. The third-order valence-electron chi connectivity index (χ3n) is 4.07. The number of rotatable bonds is 1. The quantitative estimate of drug-likeness (QED) is 0.820. The second-order valence-electron chi connectivity index (χ2n) is 5.56. The van der Waals surface area contributed by atoms with Gasteiger partial charge in [0.1, 0.15) is 5.75 Å². The van der Waals surface area contributed by atoms with Gasteiger partial charge in [-0.25, -0.2) is 0 Å². The lowest BCUT2D eigenvalue weighted by Crippen LogP contribution is -2.48. The minimum absolute atomic E-state index is 0.524. The van der Waals surface area contributed by atoms with E-state index in [1.165, 1.54) is 11.1 Å². The first kappa shape index (κ1) is 12.0. The molecule has 1 N–H and O–H groups in total. The highest BCUT2D eigenvalue weighted by atomic mass is 16.5. The summed E-state index contributed by atoms with van der Waals surface area (Å²) in [6.07, 6.45) is 0. The molecule has 0 aliphatic carbocycles. The minimum atomic E-state index is 0.524. The molecule has 1 fully saturated rings. The molecule has 1 saturated heterocycles. The van der Waals surface area contributed by atoms with Gasteiger partial charge in [0.05, 0.1) is 6.61 Å². The van der Waals surface area contributed by atoms with Gasteiger partial charge in [-0.15, -0.1) is 0 Å². The van der Waals surface area contributed by atoms with E-state index in [0.717, 1.165) is 38.5 Å². The highest BCUT2D eigenvalue weighted by Crippen LogP contribution is 2.39. The van der Waals surface area contributed by atoms with Crippen LogP contribution in [0.5, 0.6) is 5.75 Å². The first-order valence-electron chi connectivity index (χ1n) is 6.94. The van der Waals surface area contributed by atoms with Gasteiger partial charge in [-0.2, -0.15) is 0 Å². The molecule has 1 aromatic rings. The molecule has 98 valence electrons. The second-order valence-corrected chi connectivity index (χ2v) is 5.56. The van der Waals surface area contributed by atoms with E-state index in [1.54, 1.807) is 0 Å². The Kier molecular flexibility index (Phi) is 3.27. The molecule has 18 heavy (non-hydrogen) atoms. The molecule has 2 aliphatic heterocycles. The minimum Gasteiger partial charge on any atom is -0.493 e. The molecule has 3 rings (SSSR count). The van der Waals surface area contributed by atoms with Crippen LogP contribution < -0.4 is 10.1 Å². The standard InChI is InChI=1S/C15H22N2O/c1-11-3-4-14-13(9-11)15(12(2)10-18-14)17-7-5-16-6-8-17/h3-4,9,12,15-16H,5-8,10H2,1-2H3. The van der Waals surface area contributed by atoms with Gasteiger partial charge in [0, 0.05) is 43.7 Å². The maximum absolute atomic E-state index is 5.87. The van der Waals surface area contributed by atoms with Gasteiger partial charge in [0.2, 0.25) is 0 Å². The lowest BCUT2D eigenvalue weighted by Gasteiger charge is -2.41. The first-order chi connectivity index (χ1) is 8.75. The zero-order valence-electron chi connectivity index (χ0n) is 11.3. The van der Waals surface area contributed by atoms with Gasteiger partial charge < -0.3 is 10.1 Å². The Hall–Kier alpha value is -1.06. The van der Waals surface area contributed by atoms with Crippen molar-refractivity contribution in [2.45, 2.75) is 19.9 Å². The van der Waals surface area contributed by atoms with E-state index < -0.39 is 0 Å². The van der Waals surface area contributed by atoms with E-state index >= 15 is 0 Å². The summed E-state index contributed by atoms with van der Waals surface area (Å²) in [6, 6.07) is 7.10. The molecule has 2 unspecified atom stereocenters. The molecule has 0 radical (unpaired) electrons. The number of fused-ring (bicyclic) bond motifs is 1. The molecule has 0 spiro atoms. The predicted octanol–water partition coefficient (Wildman–Crippen LogP) is 1.97. The summed E-state index contributed by atoms with van der Waals surface area (Å²) in [7, 11) is 0. The van der Waals surface area contributed by atoms with Crippen LogP contribution in [-0.4, -0.2) is 37.7 Å². The third-order valence-corrected chi connectivity index (χ3v) is 4.07. The SMILES string of the molecule is Cc1ccc2c(c1)C(N1CCNCC1)C(C)CO2. The van der Waals surface area contributed by atoms with Crippen molar-refractivity contribution in [3.05, 3.63) is 29.3 Å². The first-order valence-corrected chi connectivity index (χ1v) is 6.94. The number of hydrogen-bond donors (Lipinski definition) is 1. The molecular weight excluding hydrogens is 224 g/mol. The molecule has 3 heteroatoms. The monoisotopic (exact) mass is 246 g/mol. The molecule has 3 nitrogen and oxygen atoms in total. The highest BCUT2D eigenvalue weighted by molar-refractivity contribution is 5.41. The van der Waals surface area contributed by atoms with Crippen LogP contribution >= 0.6 is 0 Å². The topological polar surface area (TPSA) is 24.5 Å². The van der Waals surface area contributed by atoms with Crippen LogP contribution in [0.25, 0.3) is 0 Å². The van der Waals surface area contributed by atoms with Crippen molar-refractivity contribution in [2.75, 3.05) is 32.8 Å². The fourth-order valence-electron chi connectivity index (χ4n) is 3.17. The molecule has 0 amide bonds. The predicted molar refractivity (Wildman–Crippen MR) is 73.0 cm³/mol. The van der Waals surface area contributed by atoms with E-state index in [-0.39, 0.29) is 0 Å². The summed E-state index contributed by atoms with van der Waals surface area (Å²) in [5.41, 5.74) is 2.71. The van der Waals surface area contributed by atoms with Crippen LogP contribution in [0.2, 0.25) is 0 Å². The van der Waals surface area contributed by atoms with Crippen LogP contribution in [0.1, 0.15) is 24.1 Å². The molecule has 2 atom stereocenters. The number of nitrogens with one attached hydrogen (secondary N) is 1. The molecule has 2 aliphatic rings. The Morgan fingerprint density at radius 2 is 2.06 bits per heavy atom. The van der Waals surface area contributed by atoms with E-state index in [9.17, 15) is 0 Å². The van der Waals surface area contributed by atoms with Crippen molar-refractivity contribution in [1.29, 1.82) is 0 Å². The fraction of sp³-hybridized carbons (Fsp3) is 0.600. The normalized spacial score (nSPS) is 28.6. The fourth-order valence-corrected chi connectivity index (χ4v) is 3.17. The van der Waals surface area contributed by atoms with Gasteiger partial charge in [-0.1, -0.05) is 24.6 Å². The van der Waals surface area contributed by atoms with Crippen molar-refractivity contribution in [3.8, 4) is 5.75 Å². The Morgan fingerprint density at radius 3 is 2.83 bits per heavy atom. The van der Waals surface area contributed by atoms with Gasteiger partial charge in [-0.05, 0) is 13.0 Å². The van der Waals surface area contributed by atoms with Gasteiger partial charge in [-0.3, -0.25) is 4.90 Å². The van der Waals surface area contributed by atoms with Crippen LogP contribution in [0, 0.1) is 12.8 Å². The van der Waals surface area contributed by atoms with E-state index in [4.69, 9.17) is 4.74 Å². The van der Waals surface area contributed by atoms with Crippen LogP contribution in [0.3, 0.4) is 0 Å². The summed E-state index contributed by atoms with van der Waals surface area (Å²) in [5, 5.41) is 3.43. The van der Waals surface area contributed by atoms with E-state index in [2.05, 4.69) is 42.3 Å².